The summed E-state index contributed by atoms with van der Waals surface area (Å²) >= 11 is 2.36. The van der Waals surface area contributed by atoms with Crippen molar-refractivity contribution >= 4 is 86.6 Å². The summed E-state index contributed by atoms with van der Waals surface area (Å²) in [5.41, 5.74) is 10.2. The summed E-state index contributed by atoms with van der Waals surface area (Å²) in [6.07, 6.45) is 22.4. The summed E-state index contributed by atoms with van der Waals surface area (Å²) in [5.74, 6) is 1.13. The molecular weight excluding hydrogens is 943 g/mol. The van der Waals surface area contributed by atoms with Crippen molar-refractivity contribution in [2.75, 3.05) is 50.1 Å². The third-order valence-corrected chi connectivity index (χ3v) is 16.9. The third-order valence-electron chi connectivity index (χ3n) is 10.6. The highest BCUT2D eigenvalue weighted by Crippen LogP contribution is 2.36. The third kappa shape index (κ3) is 10.8. The zero-order valence-electron chi connectivity index (χ0n) is 39.5. The number of hydrogen-bond acceptors (Lipinski definition) is 16. The number of hydrogen-bond donors (Lipinski definition) is 6. The summed E-state index contributed by atoms with van der Waals surface area (Å²) < 4.78 is 57.5. The molecule has 0 aliphatic carbocycles. The van der Waals surface area contributed by atoms with Crippen LogP contribution in [-0.2, 0) is 26.9 Å². The topological polar surface area (TPSA) is 235 Å². The van der Waals surface area contributed by atoms with E-state index in [0.717, 1.165) is 95.4 Å². The highest BCUT2D eigenvalue weighted by molar-refractivity contribution is 7.93. The minimum absolute atomic E-state index is 0.276. The number of nitrogens with zero attached hydrogens (tertiary/aromatic N) is 9. The first-order valence-corrected chi connectivity index (χ1v) is 27.2. The van der Waals surface area contributed by atoms with Gasteiger partial charge in [-0.05, 0) is 81.2 Å². The largest absolute Gasteiger partial charge is 0.329 e. The molecule has 19 nitrogen and oxygen atoms in total. The van der Waals surface area contributed by atoms with Gasteiger partial charge in [0.2, 0.25) is 10.0 Å². The molecule has 0 atom stereocenters. The molecule has 8 aromatic heterocycles. The van der Waals surface area contributed by atoms with E-state index in [1.165, 1.54) is 24.6 Å². The van der Waals surface area contributed by atoms with Gasteiger partial charge in [-0.3, -0.25) is 18.6 Å². The van der Waals surface area contributed by atoms with Gasteiger partial charge in [-0.2, -0.15) is 10.2 Å². The first-order chi connectivity index (χ1) is 32.8. The number of fused-ring (bicyclic) bond motifs is 2. The number of sulfone groups is 1. The fourth-order valence-corrected chi connectivity index (χ4v) is 12.3. The maximum atomic E-state index is 12.3. The molecule has 0 bridgehead atoms. The molecule has 10 heterocycles. The molecule has 0 amide bonds. The Bertz CT molecular complexity index is 3320. The van der Waals surface area contributed by atoms with Crippen molar-refractivity contribution in [1.29, 1.82) is 0 Å². The number of nitrogens with one attached hydrogen (secondary N) is 6. The van der Waals surface area contributed by atoms with E-state index in [1.807, 2.05) is 80.5 Å². The molecule has 0 saturated heterocycles. The molecule has 360 valence electrons. The minimum Gasteiger partial charge on any atom is -0.329 e. The van der Waals surface area contributed by atoms with Crippen molar-refractivity contribution in [2.45, 2.75) is 62.8 Å². The lowest BCUT2D eigenvalue weighted by Gasteiger charge is -2.16. The number of aromatic nitrogens is 10. The molecule has 0 radical (unpaired) electrons. The monoisotopic (exact) mass is 999 g/mol. The molecule has 68 heavy (non-hydrogen) atoms. The Balaban J connectivity index is 0.000000188. The zero-order chi connectivity index (χ0) is 48.8. The van der Waals surface area contributed by atoms with Crippen LogP contribution in [0.25, 0.3) is 45.0 Å². The fourth-order valence-electron chi connectivity index (χ4n) is 7.52. The second kappa shape index (κ2) is 21.5. The molecule has 0 unspecified atom stereocenters. The van der Waals surface area contributed by atoms with Crippen molar-refractivity contribution in [3.8, 4) is 22.5 Å². The summed E-state index contributed by atoms with van der Waals surface area (Å²) in [5, 5.41) is 25.9. The van der Waals surface area contributed by atoms with Crippen LogP contribution >= 0.6 is 22.7 Å². The van der Waals surface area contributed by atoms with Gasteiger partial charge >= 0.3 is 0 Å². The number of rotatable bonds is 11. The quantitative estimate of drug-likeness (QED) is 0.0733. The van der Waals surface area contributed by atoms with Gasteiger partial charge in [0.1, 0.15) is 8.42 Å². The van der Waals surface area contributed by atoms with E-state index in [2.05, 4.69) is 63.4 Å². The average molecular weight is 1000 g/mol. The van der Waals surface area contributed by atoms with E-state index in [0.29, 0.717) is 48.3 Å². The number of thiophene rings is 2. The van der Waals surface area contributed by atoms with Crippen LogP contribution in [0.1, 0.15) is 63.1 Å². The molecule has 2 aliphatic rings. The Kier molecular flexibility index (Phi) is 15.7. The molecule has 8 aromatic rings. The number of imidazole rings is 2. The lowest BCUT2D eigenvalue weighted by Crippen LogP contribution is -2.22. The lowest BCUT2D eigenvalue weighted by atomic mass is 10.1. The molecule has 6 N–H and O–H groups in total. The summed E-state index contributed by atoms with van der Waals surface area (Å²) in [6.45, 7) is 14.9. The second-order valence-electron chi connectivity index (χ2n) is 15.3. The zero-order valence-corrected chi connectivity index (χ0v) is 42.7. The normalized spacial score (nSPS) is 14.0. The Morgan fingerprint density at radius 2 is 1.21 bits per heavy atom. The highest BCUT2D eigenvalue weighted by Gasteiger charge is 2.23. The summed E-state index contributed by atoms with van der Waals surface area (Å²) in [7, 11) is -3.54. The van der Waals surface area contributed by atoms with Crippen molar-refractivity contribution in [2.24, 2.45) is 7.05 Å². The van der Waals surface area contributed by atoms with Gasteiger partial charge in [-0.1, -0.05) is 39.8 Å². The molecule has 0 fully saturated rings. The number of H-pyrrole nitrogens is 1. The predicted octanol–water partition coefficient (Wildman–Crippen LogP) is 7.59. The SMILES string of the molecule is CC.CC.CNS(=O)(=O)c1sc(Nc2nc(C3=CCCNC3)cn3c(-c4cnn(C)c4)cnc23)cc1C.Cc1cc(Nc2nc(C3=CCCNC3)cn3c(-c4cn[nH]c4)cnc23)sc1S(C)(=O)=O. The van der Waals surface area contributed by atoms with E-state index in [1.54, 1.807) is 43.3 Å². The minimum atomic E-state index is -3.54. The Morgan fingerprint density at radius 1 is 0.691 bits per heavy atom. The molecule has 0 saturated carbocycles. The van der Waals surface area contributed by atoms with Gasteiger partial charge in [0.15, 0.2) is 32.8 Å². The van der Waals surface area contributed by atoms with Gasteiger partial charge in [0.25, 0.3) is 0 Å². The molecule has 0 aromatic carbocycles. The first kappa shape index (κ1) is 49.8. The van der Waals surface area contributed by atoms with Crippen molar-refractivity contribution < 1.29 is 16.8 Å². The van der Waals surface area contributed by atoms with Gasteiger partial charge < -0.3 is 21.3 Å². The fraction of sp³-hybridized carbons (Fsp3) is 0.333. The van der Waals surface area contributed by atoms with Gasteiger partial charge in [-0.25, -0.2) is 41.5 Å². The maximum absolute atomic E-state index is 12.3. The van der Waals surface area contributed by atoms with Crippen LogP contribution in [0.5, 0.6) is 0 Å². The van der Waals surface area contributed by atoms with Crippen LogP contribution in [0.15, 0.2) is 82.3 Å². The molecule has 2 aliphatic heterocycles. The molecular formula is C45H57N15O4S4. The van der Waals surface area contributed by atoms with Crippen LogP contribution in [0, 0.1) is 13.8 Å². The van der Waals surface area contributed by atoms with Crippen LogP contribution in [0.2, 0.25) is 0 Å². The maximum Gasteiger partial charge on any atom is 0.250 e. The van der Waals surface area contributed by atoms with E-state index >= 15 is 0 Å². The van der Waals surface area contributed by atoms with Gasteiger partial charge in [-0.15, -0.1) is 22.7 Å². The van der Waals surface area contributed by atoms with Crippen molar-refractivity contribution in [1.82, 2.24) is 64.1 Å². The first-order valence-electron chi connectivity index (χ1n) is 22.2. The molecule has 23 heteroatoms. The van der Waals surface area contributed by atoms with Crippen LogP contribution in [0.3, 0.4) is 0 Å². The van der Waals surface area contributed by atoms with E-state index in [4.69, 9.17) is 9.97 Å². The second-order valence-corrected chi connectivity index (χ2v) is 21.7. The van der Waals surface area contributed by atoms with Crippen LogP contribution in [0.4, 0.5) is 21.6 Å². The van der Waals surface area contributed by atoms with E-state index in [-0.39, 0.29) is 4.21 Å². The lowest BCUT2D eigenvalue weighted by molar-refractivity contribution is 0.589. The number of sulfonamides is 1. The van der Waals surface area contributed by atoms with Crippen molar-refractivity contribution in [3.63, 3.8) is 0 Å². The van der Waals surface area contributed by atoms with Crippen LogP contribution < -0.4 is 26.0 Å². The van der Waals surface area contributed by atoms with Crippen LogP contribution in [-0.4, -0.2) is 105 Å². The Hall–Kier alpha value is -6.08. The predicted molar refractivity (Wildman–Crippen MR) is 273 cm³/mol. The summed E-state index contributed by atoms with van der Waals surface area (Å²) in [6, 6.07) is 3.64. The molecule has 10 rings (SSSR count). The highest BCUT2D eigenvalue weighted by atomic mass is 32.2. The van der Waals surface area contributed by atoms with E-state index < -0.39 is 19.9 Å². The average Bonchev–Trinajstić information content (AvgIpc) is 4.22. The van der Waals surface area contributed by atoms with Gasteiger partial charge in [0, 0.05) is 62.3 Å². The van der Waals surface area contributed by atoms with Gasteiger partial charge in [0.05, 0.1) is 57.6 Å². The Labute approximate surface area is 404 Å². The smallest absolute Gasteiger partial charge is 0.250 e. The number of aromatic amines is 1. The number of aryl methyl sites for hydroxylation is 3. The summed E-state index contributed by atoms with van der Waals surface area (Å²) in [4.78, 5) is 18.9. The standard InChI is InChI=1S/C21H24N8O2S2.C20H21N7O2S2.2C2H6/c1-13-7-18(32-21(13)33(30,31)22-2)27-19-20-24-10-17(15-9-25-28(3)11-15)29(20)12-16(26-19)14-5-4-6-23-8-14;1-12-6-17(30-20(12)31(2,28)29)26-18-19-22-10-16(14-8-23-24-9-14)27(19)11-15(25-18)13-4-3-5-21-7-13;2*1-2/h5,7,9-12,22-23H,4,6,8H2,1-3H3,(H,26,27);4,6,8-11,21H,3,5,7H2,1-2H3,(H,23,24)(H,25,26);2*1-2H3. The Morgan fingerprint density at radius 3 is 1.63 bits per heavy atom. The van der Waals surface area contributed by atoms with Crippen molar-refractivity contribution in [3.05, 3.63) is 96.4 Å². The van der Waals surface area contributed by atoms with E-state index in [9.17, 15) is 16.8 Å². The molecule has 0 spiro atoms. The number of anilines is 4.